The highest BCUT2D eigenvalue weighted by Gasteiger charge is 2.11. The summed E-state index contributed by atoms with van der Waals surface area (Å²) < 4.78 is 11.1. The lowest BCUT2D eigenvalue weighted by molar-refractivity contribution is 0.264. The third kappa shape index (κ3) is 4.56. The van der Waals surface area contributed by atoms with Gasteiger partial charge in [0.1, 0.15) is 18.2 Å². The molecule has 0 saturated heterocycles. The Labute approximate surface area is 125 Å². The summed E-state index contributed by atoms with van der Waals surface area (Å²) >= 11 is 0. The Morgan fingerprint density at radius 2 is 2.24 bits per heavy atom. The summed E-state index contributed by atoms with van der Waals surface area (Å²) in [6.07, 6.45) is 4.49. The van der Waals surface area contributed by atoms with E-state index in [4.69, 9.17) is 9.15 Å². The van der Waals surface area contributed by atoms with Gasteiger partial charge in [-0.15, -0.1) is 0 Å². The number of aromatic nitrogens is 2. The van der Waals surface area contributed by atoms with Crippen molar-refractivity contribution < 1.29 is 9.15 Å². The zero-order chi connectivity index (χ0) is 15.1. The second kappa shape index (κ2) is 7.78. The van der Waals surface area contributed by atoms with Crippen LogP contribution in [0.5, 0.6) is 5.75 Å². The zero-order valence-corrected chi connectivity index (χ0v) is 12.9. The van der Waals surface area contributed by atoms with Gasteiger partial charge in [0, 0.05) is 12.5 Å². The SMILES string of the molecule is CCCNCc1nc(C(C)C)ncc1OCc1ccco1. The van der Waals surface area contributed by atoms with Gasteiger partial charge in [0.05, 0.1) is 18.2 Å². The third-order valence-corrected chi connectivity index (χ3v) is 3.03. The Balaban J connectivity index is 2.09. The van der Waals surface area contributed by atoms with Crippen LogP contribution in [-0.2, 0) is 13.2 Å². The molecule has 0 saturated carbocycles. The molecule has 0 aliphatic carbocycles. The van der Waals surface area contributed by atoms with Gasteiger partial charge >= 0.3 is 0 Å². The molecule has 0 bridgehead atoms. The molecular weight excluding hydrogens is 266 g/mol. The standard InChI is InChI=1S/C16H23N3O2/c1-4-7-17-9-14-15(10-18-16(19-14)12(2)3)21-11-13-6-5-8-20-13/h5-6,8,10,12,17H,4,7,9,11H2,1-3H3. The van der Waals surface area contributed by atoms with Crippen LogP contribution in [0.25, 0.3) is 0 Å². The molecule has 21 heavy (non-hydrogen) atoms. The van der Waals surface area contributed by atoms with Crippen molar-refractivity contribution >= 4 is 0 Å². The van der Waals surface area contributed by atoms with Crippen LogP contribution in [0.3, 0.4) is 0 Å². The predicted octanol–water partition coefficient (Wildman–Crippen LogP) is 3.27. The topological polar surface area (TPSA) is 60.2 Å². The van der Waals surface area contributed by atoms with E-state index in [1.165, 1.54) is 0 Å². The maximum absolute atomic E-state index is 5.79. The maximum atomic E-state index is 5.79. The summed E-state index contributed by atoms with van der Waals surface area (Å²) in [6.45, 7) is 8.34. The minimum atomic E-state index is 0.300. The van der Waals surface area contributed by atoms with Crippen LogP contribution in [0.1, 0.15) is 50.4 Å². The Morgan fingerprint density at radius 1 is 1.38 bits per heavy atom. The average Bonchev–Trinajstić information content (AvgIpc) is 2.99. The van der Waals surface area contributed by atoms with Crippen molar-refractivity contribution in [2.75, 3.05) is 6.54 Å². The fourth-order valence-electron chi connectivity index (χ4n) is 1.87. The molecule has 0 radical (unpaired) electrons. The first-order valence-electron chi connectivity index (χ1n) is 7.42. The second-order valence-corrected chi connectivity index (χ2v) is 5.24. The highest BCUT2D eigenvalue weighted by molar-refractivity contribution is 5.25. The highest BCUT2D eigenvalue weighted by Crippen LogP contribution is 2.19. The molecule has 0 fully saturated rings. The van der Waals surface area contributed by atoms with Crippen molar-refractivity contribution in [2.45, 2.75) is 46.3 Å². The lowest BCUT2D eigenvalue weighted by Gasteiger charge is -2.13. The summed E-state index contributed by atoms with van der Waals surface area (Å²) in [5.41, 5.74) is 0.897. The minimum Gasteiger partial charge on any atom is -0.482 e. The number of rotatable bonds is 8. The molecule has 5 nitrogen and oxygen atoms in total. The molecule has 2 heterocycles. The molecular formula is C16H23N3O2. The van der Waals surface area contributed by atoms with Gasteiger partial charge in [-0.05, 0) is 25.1 Å². The van der Waals surface area contributed by atoms with Gasteiger partial charge in [0.15, 0.2) is 5.75 Å². The van der Waals surface area contributed by atoms with Crippen LogP contribution in [0.4, 0.5) is 0 Å². The van der Waals surface area contributed by atoms with Crippen LogP contribution in [0, 0.1) is 0 Å². The van der Waals surface area contributed by atoms with E-state index in [1.54, 1.807) is 12.5 Å². The van der Waals surface area contributed by atoms with Crippen LogP contribution >= 0.6 is 0 Å². The van der Waals surface area contributed by atoms with E-state index >= 15 is 0 Å². The third-order valence-electron chi connectivity index (χ3n) is 3.03. The first-order chi connectivity index (χ1) is 10.2. The van der Waals surface area contributed by atoms with Crippen LogP contribution < -0.4 is 10.1 Å². The van der Waals surface area contributed by atoms with Crippen molar-refractivity contribution in [1.82, 2.24) is 15.3 Å². The Morgan fingerprint density at radius 3 is 2.90 bits per heavy atom. The number of nitrogens with one attached hydrogen (secondary N) is 1. The number of ether oxygens (including phenoxy) is 1. The van der Waals surface area contributed by atoms with Gasteiger partial charge in [0.25, 0.3) is 0 Å². The molecule has 0 spiro atoms. The molecule has 5 heteroatoms. The summed E-state index contributed by atoms with van der Waals surface area (Å²) in [7, 11) is 0. The molecule has 0 atom stereocenters. The van der Waals surface area contributed by atoms with E-state index in [-0.39, 0.29) is 0 Å². The van der Waals surface area contributed by atoms with Crippen LogP contribution in [0.15, 0.2) is 29.0 Å². The summed E-state index contributed by atoms with van der Waals surface area (Å²) in [5.74, 6) is 2.64. The van der Waals surface area contributed by atoms with Crippen LogP contribution in [-0.4, -0.2) is 16.5 Å². The molecule has 114 valence electrons. The predicted molar refractivity (Wildman–Crippen MR) is 81.2 cm³/mol. The van der Waals surface area contributed by atoms with E-state index in [1.807, 2.05) is 12.1 Å². The minimum absolute atomic E-state index is 0.300. The number of furan rings is 1. The van der Waals surface area contributed by atoms with Gasteiger partial charge in [-0.25, -0.2) is 9.97 Å². The van der Waals surface area contributed by atoms with Crippen LogP contribution in [0.2, 0.25) is 0 Å². The number of nitrogens with zero attached hydrogens (tertiary/aromatic N) is 2. The Hall–Kier alpha value is -1.88. The molecule has 0 amide bonds. The summed E-state index contributed by atoms with van der Waals surface area (Å²) in [6, 6.07) is 3.74. The summed E-state index contributed by atoms with van der Waals surface area (Å²) in [4.78, 5) is 8.99. The molecule has 2 rings (SSSR count). The normalized spacial score (nSPS) is 11.0. The first kappa shape index (κ1) is 15.5. The Kier molecular flexibility index (Phi) is 5.75. The molecule has 0 unspecified atom stereocenters. The van der Waals surface area contributed by atoms with Crippen molar-refractivity contribution in [3.05, 3.63) is 41.9 Å². The number of hydrogen-bond donors (Lipinski definition) is 1. The Bertz CT molecular complexity index is 538. The molecule has 0 aliphatic rings. The van der Waals surface area contributed by atoms with E-state index < -0.39 is 0 Å². The van der Waals surface area contributed by atoms with Crippen molar-refractivity contribution in [3.8, 4) is 5.75 Å². The molecule has 0 aliphatic heterocycles. The molecule has 2 aromatic rings. The van der Waals surface area contributed by atoms with E-state index in [0.29, 0.717) is 24.8 Å². The van der Waals surface area contributed by atoms with Gasteiger partial charge < -0.3 is 14.5 Å². The monoisotopic (exact) mass is 289 g/mol. The van der Waals surface area contributed by atoms with E-state index in [0.717, 1.165) is 30.2 Å². The maximum Gasteiger partial charge on any atom is 0.161 e. The molecule has 1 N–H and O–H groups in total. The lowest BCUT2D eigenvalue weighted by Crippen LogP contribution is -2.17. The smallest absolute Gasteiger partial charge is 0.161 e. The zero-order valence-electron chi connectivity index (χ0n) is 12.9. The summed E-state index contributed by atoms with van der Waals surface area (Å²) in [5, 5.41) is 3.36. The van der Waals surface area contributed by atoms with Crippen molar-refractivity contribution in [3.63, 3.8) is 0 Å². The van der Waals surface area contributed by atoms with Crippen molar-refractivity contribution in [1.29, 1.82) is 0 Å². The van der Waals surface area contributed by atoms with E-state index in [9.17, 15) is 0 Å². The largest absolute Gasteiger partial charge is 0.482 e. The molecule has 2 aromatic heterocycles. The second-order valence-electron chi connectivity index (χ2n) is 5.24. The lowest BCUT2D eigenvalue weighted by atomic mass is 10.2. The fourth-order valence-corrected chi connectivity index (χ4v) is 1.87. The van der Waals surface area contributed by atoms with Gasteiger partial charge in [-0.3, -0.25) is 0 Å². The highest BCUT2D eigenvalue weighted by atomic mass is 16.5. The van der Waals surface area contributed by atoms with Gasteiger partial charge in [-0.2, -0.15) is 0 Å². The first-order valence-corrected chi connectivity index (χ1v) is 7.42. The number of hydrogen-bond acceptors (Lipinski definition) is 5. The molecule has 0 aromatic carbocycles. The van der Waals surface area contributed by atoms with Gasteiger partial charge in [0.2, 0.25) is 0 Å². The van der Waals surface area contributed by atoms with E-state index in [2.05, 4.69) is 36.1 Å². The van der Waals surface area contributed by atoms with Crippen molar-refractivity contribution in [2.24, 2.45) is 0 Å². The average molecular weight is 289 g/mol. The van der Waals surface area contributed by atoms with Gasteiger partial charge in [-0.1, -0.05) is 20.8 Å². The quantitative estimate of drug-likeness (QED) is 0.756. The fraction of sp³-hybridized carbons (Fsp3) is 0.500.